The molecule has 8 heteroatoms. The Balaban J connectivity index is 0.00000308. The maximum Gasteiger partial charge on any atom is 0.308 e. The van der Waals surface area contributed by atoms with Gasteiger partial charge in [0.05, 0.1) is 29.8 Å². The highest BCUT2D eigenvalue weighted by atomic mass is 16.6. The molecule has 2 aliphatic heterocycles. The number of aryl methyl sites for hydroxylation is 1. The molecule has 0 fully saturated rings. The van der Waals surface area contributed by atoms with Crippen molar-refractivity contribution in [1.29, 1.82) is 0 Å². The molecule has 6 rings (SSSR count). The van der Waals surface area contributed by atoms with Crippen molar-refractivity contribution in [3.05, 3.63) is 72.1 Å². The number of rotatable bonds is 3. The summed E-state index contributed by atoms with van der Waals surface area (Å²) < 4.78 is 15.9. The van der Waals surface area contributed by atoms with Gasteiger partial charge in [-0.05, 0) is 18.6 Å². The fraction of sp³-hybridized carbons (Fsp3) is 0.300. The molecule has 2 aliphatic rings. The van der Waals surface area contributed by atoms with Crippen LogP contribution in [0, 0.1) is 5.92 Å². The molecular weight excluding hydrogens is 482 g/mol. The second kappa shape index (κ2) is 9.61. The van der Waals surface area contributed by atoms with Gasteiger partial charge in [-0.2, -0.15) is 0 Å². The normalized spacial score (nSPS) is 18.1. The lowest BCUT2D eigenvalue weighted by Crippen LogP contribution is -2.26. The van der Waals surface area contributed by atoms with Gasteiger partial charge in [-0.1, -0.05) is 50.2 Å². The first-order valence-corrected chi connectivity index (χ1v) is 13.0. The summed E-state index contributed by atoms with van der Waals surface area (Å²) >= 11 is 0. The van der Waals surface area contributed by atoms with Gasteiger partial charge in [-0.15, -0.1) is 0 Å². The third-order valence-corrected chi connectivity index (χ3v) is 7.31. The number of carbonyl (C=O) groups is 3. The van der Waals surface area contributed by atoms with Gasteiger partial charge in [-0.25, -0.2) is 0 Å². The van der Waals surface area contributed by atoms with Gasteiger partial charge in [0.1, 0.15) is 6.61 Å². The Bertz CT molecular complexity index is 1630. The van der Waals surface area contributed by atoms with Crippen molar-refractivity contribution >= 4 is 50.7 Å². The zero-order valence-electron chi connectivity index (χ0n) is 21.4. The summed E-state index contributed by atoms with van der Waals surface area (Å²) in [6.07, 6.45) is 4.19. The minimum atomic E-state index is -0.390. The van der Waals surface area contributed by atoms with Gasteiger partial charge in [0.15, 0.2) is 0 Å². The summed E-state index contributed by atoms with van der Waals surface area (Å²) in [5.41, 5.74) is 4.13. The van der Waals surface area contributed by atoms with Crippen LogP contribution in [0.4, 0.5) is 0 Å². The smallest absolute Gasteiger partial charge is 0.308 e. The van der Waals surface area contributed by atoms with E-state index in [1.54, 1.807) is 0 Å². The van der Waals surface area contributed by atoms with E-state index < -0.39 is 5.91 Å². The quantitative estimate of drug-likeness (QED) is 0.324. The number of esters is 1. The molecule has 0 unspecified atom stereocenters. The summed E-state index contributed by atoms with van der Waals surface area (Å²) in [4.78, 5) is 38.6. The van der Waals surface area contributed by atoms with Crippen LogP contribution in [-0.4, -0.2) is 46.2 Å². The first kappa shape index (κ1) is 24.2. The van der Waals surface area contributed by atoms with E-state index >= 15 is 0 Å². The van der Waals surface area contributed by atoms with Crippen molar-refractivity contribution < 1.29 is 25.3 Å². The Morgan fingerprint density at radius 1 is 0.947 bits per heavy atom. The molecule has 196 valence electrons. The van der Waals surface area contributed by atoms with E-state index in [4.69, 9.17) is 9.47 Å². The van der Waals surface area contributed by atoms with Gasteiger partial charge in [0.25, 0.3) is 11.8 Å². The molecule has 0 aliphatic carbocycles. The number of fused-ring (bicyclic) bond motifs is 12. The van der Waals surface area contributed by atoms with Crippen LogP contribution in [0.1, 0.15) is 32.8 Å². The number of nitrogens with one attached hydrogen (secondary N) is 1. The lowest BCUT2D eigenvalue weighted by Gasteiger charge is -2.20. The first-order chi connectivity index (χ1) is 18.4. The Morgan fingerprint density at radius 3 is 2.08 bits per heavy atom. The Labute approximate surface area is 221 Å². The van der Waals surface area contributed by atoms with Gasteiger partial charge in [0, 0.05) is 59.8 Å². The fourth-order valence-electron chi connectivity index (χ4n) is 5.39. The number of nitrogens with zero attached hydrogens (tertiary/aromatic N) is 2. The molecule has 0 spiro atoms. The predicted molar refractivity (Wildman–Crippen MR) is 146 cm³/mol. The summed E-state index contributed by atoms with van der Waals surface area (Å²) in [7, 11) is 0. The van der Waals surface area contributed by atoms with E-state index in [2.05, 4.69) is 14.5 Å². The van der Waals surface area contributed by atoms with E-state index in [9.17, 15) is 14.4 Å². The van der Waals surface area contributed by atoms with Crippen LogP contribution in [0.15, 0.2) is 60.9 Å². The monoisotopic (exact) mass is 513 g/mol. The molecule has 2 aromatic carbocycles. The average Bonchev–Trinajstić information content (AvgIpc) is 3.55. The summed E-state index contributed by atoms with van der Waals surface area (Å²) in [5.74, 6) is -1.24. The highest BCUT2D eigenvalue weighted by molar-refractivity contribution is 6.50. The molecule has 0 radical (unpaired) electrons. The number of carbonyl (C=O) groups excluding carboxylic acids is 3. The zero-order valence-corrected chi connectivity index (χ0v) is 21.4. The van der Waals surface area contributed by atoms with Crippen LogP contribution in [0.2, 0.25) is 0 Å². The number of amides is 2. The van der Waals surface area contributed by atoms with Crippen LogP contribution in [0.3, 0.4) is 0 Å². The lowest BCUT2D eigenvalue weighted by atomic mass is 9.95. The van der Waals surface area contributed by atoms with Gasteiger partial charge >= 0.3 is 5.97 Å². The minimum Gasteiger partial charge on any atom is -0.463 e. The van der Waals surface area contributed by atoms with E-state index in [0.29, 0.717) is 37.3 Å². The van der Waals surface area contributed by atoms with Crippen LogP contribution in [0.5, 0.6) is 0 Å². The lowest BCUT2D eigenvalue weighted by molar-refractivity contribution is -0.152. The summed E-state index contributed by atoms with van der Waals surface area (Å²) in [6.45, 7) is 5.33. The van der Waals surface area contributed by atoms with E-state index in [1.165, 1.54) is 0 Å². The number of imide groups is 1. The molecule has 0 saturated heterocycles. The SMILES string of the molecule is CC(C)C(=O)OC[C@@H]1CCn2cc(c3ccccc32)C2=C(C(=O)NC2=O)c2cn(c3ccccc23)CCO1.[HH]. The first-order valence-electron chi connectivity index (χ1n) is 13.0. The fourth-order valence-corrected chi connectivity index (χ4v) is 5.39. The van der Waals surface area contributed by atoms with Gasteiger partial charge in [-0.3, -0.25) is 19.7 Å². The molecule has 1 atom stereocenters. The maximum absolute atomic E-state index is 13.2. The number of aromatic nitrogens is 2. The van der Waals surface area contributed by atoms with Crippen LogP contribution >= 0.6 is 0 Å². The second-order valence-corrected chi connectivity index (χ2v) is 10.1. The van der Waals surface area contributed by atoms with Gasteiger partial charge < -0.3 is 18.6 Å². The van der Waals surface area contributed by atoms with Crippen LogP contribution in [0.25, 0.3) is 33.0 Å². The summed E-state index contributed by atoms with van der Waals surface area (Å²) in [6, 6.07) is 15.7. The molecule has 38 heavy (non-hydrogen) atoms. The third-order valence-electron chi connectivity index (χ3n) is 7.31. The molecular formula is C30H31N3O5. The van der Waals surface area contributed by atoms with Crippen molar-refractivity contribution in [1.82, 2.24) is 14.5 Å². The number of hydrogen-bond donors (Lipinski definition) is 1. The molecule has 8 nitrogen and oxygen atoms in total. The second-order valence-electron chi connectivity index (χ2n) is 10.1. The third kappa shape index (κ3) is 4.11. The van der Waals surface area contributed by atoms with E-state index in [0.717, 1.165) is 32.9 Å². The van der Waals surface area contributed by atoms with Crippen molar-refractivity contribution in [3.8, 4) is 0 Å². The highest BCUT2D eigenvalue weighted by Crippen LogP contribution is 2.39. The van der Waals surface area contributed by atoms with Crippen molar-refractivity contribution in [2.75, 3.05) is 13.2 Å². The number of para-hydroxylation sites is 2. The van der Waals surface area contributed by atoms with Crippen molar-refractivity contribution in [3.63, 3.8) is 0 Å². The number of hydrogen-bond acceptors (Lipinski definition) is 5. The van der Waals surface area contributed by atoms with E-state index in [-0.39, 0.29) is 31.9 Å². The highest BCUT2D eigenvalue weighted by Gasteiger charge is 2.35. The number of ether oxygens (including phenoxy) is 2. The molecule has 4 bridgehead atoms. The average molecular weight is 514 g/mol. The standard InChI is InChI=1S/C30H29N3O5.H2/c1-18(2)30(36)38-17-19-11-12-32-15-22(20-7-3-5-9-24(20)32)26-27(29(35)31-28(26)34)23-16-33(13-14-37-19)25-10-6-4-8-21(23)25;/h3-10,15-16,18-19H,11-14,17H2,1-2H3,(H,31,34,35);1H/t19-;/m0./s1. The van der Waals surface area contributed by atoms with E-state index in [1.807, 2.05) is 74.8 Å². The molecule has 4 aromatic rings. The number of benzene rings is 2. The molecule has 0 saturated carbocycles. The Morgan fingerprint density at radius 2 is 1.50 bits per heavy atom. The van der Waals surface area contributed by atoms with Crippen molar-refractivity contribution in [2.45, 2.75) is 39.5 Å². The predicted octanol–water partition coefficient (Wildman–Crippen LogP) is 4.40. The molecule has 4 heterocycles. The largest absolute Gasteiger partial charge is 0.463 e. The van der Waals surface area contributed by atoms with Crippen LogP contribution in [-0.2, 0) is 36.9 Å². The Hall–Kier alpha value is -4.17. The maximum atomic E-state index is 13.2. The molecule has 2 amide bonds. The van der Waals surface area contributed by atoms with Crippen molar-refractivity contribution in [2.24, 2.45) is 5.92 Å². The minimum absolute atomic E-state index is 0. The molecule has 1 N–H and O–H groups in total. The topological polar surface area (TPSA) is 91.6 Å². The zero-order chi connectivity index (χ0) is 26.4. The summed E-state index contributed by atoms with van der Waals surface area (Å²) in [5, 5.41) is 4.33. The Kier molecular flexibility index (Phi) is 6.12. The molecule has 2 aromatic heterocycles. The van der Waals surface area contributed by atoms with Gasteiger partial charge in [0.2, 0.25) is 0 Å². The van der Waals surface area contributed by atoms with Crippen LogP contribution < -0.4 is 5.32 Å².